The minimum Gasteiger partial charge on any atom is -0.493 e. The number of carbonyl (C=O) groups is 1. The highest BCUT2D eigenvalue weighted by atomic mass is 16.5. The van der Waals surface area contributed by atoms with Crippen molar-refractivity contribution in [2.75, 3.05) is 24.3 Å². The zero-order valence-electron chi connectivity index (χ0n) is 16.6. The van der Waals surface area contributed by atoms with Crippen molar-refractivity contribution in [1.29, 1.82) is 0 Å². The van der Waals surface area contributed by atoms with Crippen molar-refractivity contribution in [2.24, 2.45) is 0 Å². The zero-order chi connectivity index (χ0) is 19.7. The fourth-order valence-electron chi connectivity index (χ4n) is 4.20. The van der Waals surface area contributed by atoms with E-state index in [1.54, 1.807) is 7.11 Å². The smallest absolute Gasteiger partial charge is 0.227 e. The fraction of sp³-hybridized carbons (Fsp3) is 0.435. The molecular weight excluding hydrogens is 352 g/mol. The van der Waals surface area contributed by atoms with Gasteiger partial charge in [-0.15, -0.1) is 0 Å². The van der Waals surface area contributed by atoms with Crippen molar-refractivity contribution in [3.63, 3.8) is 0 Å². The molecule has 2 aliphatic rings. The lowest BCUT2D eigenvalue weighted by atomic mass is 9.98. The van der Waals surface area contributed by atoms with Gasteiger partial charge in [-0.05, 0) is 68.0 Å². The summed E-state index contributed by atoms with van der Waals surface area (Å²) in [5.41, 5.74) is 9.76. The highest BCUT2D eigenvalue weighted by molar-refractivity contribution is 5.97. The number of aryl methyl sites for hydroxylation is 1. The summed E-state index contributed by atoms with van der Waals surface area (Å²) in [4.78, 5) is 14.5. The third-order valence-corrected chi connectivity index (χ3v) is 5.95. The number of hydrogen-bond donors (Lipinski definition) is 1. The van der Waals surface area contributed by atoms with E-state index in [4.69, 9.17) is 15.2 Å². The Labute approximate surface area is 166 Å². The van der Waals surface area contributed by atoms with Crippen LogP contribution < -0.4 is 20.1 Å². The van der Waals surface area contributed by atoms with Gasteiger partial charge in [-0.25, -0.2) is 0 Å². The van der Waals surface area contributed by atoms with Crippen LogP contribution >= 0.6 is 0 Å². The molecule has 1 saturated heterocycles. The Hall–Kier alpha value is -2.69. The van der Waals surface area contributed by atoms with Crippen LogP contribution in [-0.2, 0) is 4.79 Å². The number of nitrogen functional groups attached to an aromatic ring is 1. The minimum absolute atomic E-state index is 0.127. The molecule has 1 aliphatic heterocycles. The second-order valence-electron chi connectivity index (χ2n) is 7.88. The zero-order valence-corrected chi connectivity index (χ0v) is 16.6. The van der Waals surface area contributed by atoms with Gasteiger partial charge < -0.3 is 20.1 Å². The second-order valence-corrected chi connectivity index (χ2v) is 7.88. The Balaban J connectivity index is 1.55. The SMILES string of the molecule is COc1ccc([C@H]2CC(=O)N(c3ccc(C)c(N)c3)C2)cc1OC1CCCC1. The first-order valence-electron chi connectivity index (χ1n) is 10.1. The first-order valence-corrected chi connectivity index (χ1v) is 10.1. The van der Waals surface area contributed by atoms with Crippen molar-refractivity contribution < 1.29 is 14.3 Å². The van der Waals surface area contributed by atoms with Crippen molar-refractivity contribution in [3.05, 3.63) is 47.5 Å². The molecule has 1 amide bonds. The molecule has 2 fully saturated rings. The van der Waals surface area contributed by atoms with E-state index in [-0.39, 0.29) is 17.9 Å². The van der Waals surface area contributed by atoms with Crippen molar-refractivity contribution >= 4 is 17.3 Å². The average Bonchev–Trinajstić information content (AvgIpc) is 3.33. The molecule has 2 aromatic carbocycles. The summed E-state index contributed by atoms with van der Waals surface area (Å²) >= 11 is 0. The Morgan fingerprint density at radius 2 is 1.86 bits per heavy atom. The van der Waals surface area contributed by atoms with E-state index in [2.05, 4.69) is 6.07 Å². The molecule has 0 bridgehead atoms. The van der Waals surface area contributed by atoms with E-state index in [1.807, 2.05) is 42.2 Å². The summed E-state index contributed by atoms with van der Waals surface area (Å²) < 4.78 is 11.7. The molecule has 1 heterocycles. The Bertz CT molecular complexity index is 874. The number of anilines is 2. The highest BCUT2D eigenvalue weighted by Gasteiger charge is 2.32. The van der Waals surface area contributed by atoms with Crippen molar-refractivity contribution in [3.8, 4) is 11.5 Å². The molecule has 28 heavy (non-hydrogen) atoms. The van der Waals surface area contributed by atoms with Gasteiger partial charge in [0.2, 0.25) is 5.91 Å². The van der Waals surface area contributed by atoms with Gasteiger partial charge in [-0.2, -0.15) is 0 Å². The number of ether oxygens (including phenoxy) is 2. The van der Waals surface area contributed by atoms with Crippen molar-refractivity contribution in [2.45, 2.75) is 51.0 Å². The van der Waals surface area contributed by atoms with Crippen LogP contribution in [0, 0.1) is 6.92 Å². The molecule has 4 rings (SSSR count). The minimum atomic E-state index is 0.127. The van der Waals surface area contributed by atoms with E-state index in [1.165, 1.54) is 12.8 Å². The average molecular weight is 380 g/mol. The molecule has 0 unspecified atom stereocenters. The lowest BCUT2D eigenvalue weighted by molar-refractivity contribution is -0.117. The van der Waals surface area contributed by atoms with Gasteiger partial charge in [0.05, 0.1) is 13.2 Å². The predicted octanol–water partition coefficient (Wildman–Crippen LogP) is 4.43. The molecule has 5 heteroatoms. The molecule has 1 saturated carbocycles. The number of nitrogens with zero attached hydrogens (tertiary/aromatic N) is 1. The summed E-state index contributed by atoms with van der Waals surface area (Å²) in [5, 5.41) is 0. The number of rotatable bonds is 5. The molecule has 0 radical (unpaired) electrons. The van der Waals surface area contributed by atoms with Crippen LogP contribution in [0.1, 0.15) is 49.1 Å². The van der Waals surface area contributed by atoms with Gasteiger partial charge in [0.15, 0.2) is 11.5 Å². The molecule has 0 aromatic heterocycles. The molecule has 5 nitrogen and oxygen atoms in total. The van der Waals surface area contributed by atoms with E-state index in [0.29, 0.717) is 18.7 Å². The largest absolute Gasteiger partial charge is 0.493 e. The van der Waals surface area contributed by atoms with Gasteiger partial charge in [0.25, 0.3) is 0 Å². The molecule has 1 aliphatic carbocycles. The van der Waals surface area contributed by atoms with Gasteiger partial charge >= 0.3 is 0 Å². The lowest BCUT2D eigenvalue weighted by Gasteiger charge is -2.20. The van der Waals surface area contributed by atoms with E-state index in [0.717, 1.165) is 41.2 Å². The standard InChI is InChI=1S/C23H28N2O3/c1-15-7-9-18(13-20(15)24)25-14-17(12-23(25)26)16-8-10-21(27-2)22(11-16)28-19-5-3-4-6-19/h7-11,13,17,19H,3-6,12,14,24H2,1-2H3/t17-/m0/s1. The van der Waals surface area contributed by atoms with Gasteiger partial charge in [-0.1, -0.05) is 12.1 Å². The number of benzene rings is 2. The van der Waals surface area contributed by atoms with E-state index in [9.17, 15) is 4.79 Å². The van der Waals surface area contributed by atoms with Gasteiger partial charge in [0, 0.05) is 30.3 Å². The summed E-state index contributed by atoms with van der Waals surface area (Å²) in [6.07, 6.45) is 5.39. The number of amides is 1. The number of nitrogens with two attached hydrogens (primary N) is 1. The van der Waals surface area contributed by atoms with Crippen LogP contribution in [0.3, 0.4) is 0 Å². The lowest BCUT2D eigenvalue weighted by Crippen LogP contribution is -2.24. The Kier molecular flexibility index (Phi) is 5.16. The summed E-state index contributed by atoms with van der Waals surface area (Å²) in [7, 11) is 1.67. The second kappa shape index (κ2) is 7.74. The van der Waals surface area contributed by atoms with Crippen LogP contribution in [0.2, 0.25) is 0 Å². The number of methoxy groups -OCH3 is 1. The van der Waals surface area contributed by atoms with Gasteiger partial charge in [-0.3, -0.25) is 4.79 Å². The maximum atomic E-state index is 12.7. The highest BCUT2D eigenvalue weighted by Crippen LogP contribution is 2.38. The third-order valence-electron chi connectivity index (χ3n) is 5.95. The molecule has 2 N–H and O–H groups in total. The van der Waals surface area contributed by atoms with Crippen LogP contribution in [0.5, 0.6) is 11.5 Å². The topological polar surface area (TPSA) is 64.8 Å². The fourth-order valence-corrected chi connectivity index (χ4v) is 4.20. The molecular formula is C23H28N2O3. The van der Waals surface area contributed by atoms with Crippen LogP contribution in [-0.4, -0.2) is 25.7 Å². The van der Waals surface area contributed by atoms with Crippen LogP contribution in [0.25, 0.3) is 0 Å². The van der Waals surface area contributed by atoms with Crippen molar-refractivity contribution in [1.82, 2.24) is 0 Å². The molecule has 1 atom stereocenters. The third kappa shape index (κ3) is 3.66. The summed E-state index contributed by atoms with van der Waals surface area (Å²) in [6, 6.07) is 11.9. The van der Waals surface area contributed by atoms with E-state index >= 15 is 0 Å². The quantitative estimate of drug-likeness (QED) is 0.780. The Morgan fingerprint density at radius 1 is 1.07 bits per heavy atom. The number of carbonyl (C=O) groups excluding carboxylic acids is 1. The van der Waals surface area contributed by atoms with Crippen LogP contribution in [0.15, 0.2) is 36.4 Å². The summed E-state index contributed by atoms with van der Waals surface area (Å²) in [5.74, 6) is 1.80. The monoisotopic (exact) mass is 380 g/mol. The predicted molar refractivity (Wildman–Crippen MR) is 111 cm³/mol. The molecule has 0 spiro atoms. The van der Waals surface area contributed by atoms with Gasteiger partial charge in [0.1, 0.15) is 0 Å². The maximum Gasteiger partial charge on any atom is 0.227 e. The first-order chi connectivity index (χ1) is 13.5. The molecule has 2 aromatic rings. The maximum absolute atomic E-state index is 12.7. The summed E-state index contributed by atoms with van der Waals surface area (Å²) in [6.45, 7) is 2.62. The van der Waals surface area contributed by atoms with E-state index < -0.39 is 0 Å². The Morgan fingerprint density at radius 3 is 2.57 bits per heavy atom. The number of hydrogen-bond acceptors (Lipinski definition) is 4. The van der Waals surface area contributed by atoms with Crippen LogP contribution in [0.4, 0.5) is 11.4 Å². The normalized spacial score (nSPS) is 20.0. The first kappa shape index (κ1) is 18.7. The molecule has 148 valence electrons.